The van der Waals surface area contributed by atoms with E-state index in [1.54, 1.807) is 6.08 Å². The van der Waals surface area contributed by atoms with Crippen LogP contribution < -0.4 is 15.6 Å². The first-order valence-corrected chi connectivity index (χ1v) is 14.6. The van der Waals surface area contributed by atoms with Crippen LogP contribution in [0.4, 0.5) is 0 Å². The quantitative estimate of drug-likeness (QED) is 0.475. The first-order valence-electron chi connectivity index (χ1n) is 14.6. The average Bonchev–Trinajstić information content (AvgIpc) is 3.37. The number of allylic oxidation sites excluding steroid dienone is 2. The Morgan fingerprint density at radius 3 is 2.79 bits per heavy atom. The van der Waals surface area contributed by atoms with Crippen molar-refractivity contribution in [2.24, 2.45) is 16.8 Å². The SMILES string of the molecule is CN1CCC(Oc2ccc3c(c2)CCCC(C(=O)C2=C(O)C=C4NNC(CC5=NC(C)(C)CO5)C4C2)C3)CC1. The average molecular weight is 535 g/mol. The van der Waals surface area contributed by atoms with Gasteiger partial charge in [0.1, 0.15) is 24.2 Å². The number of fused-ring (bicyclic) bond motifs is 2. The van der Waals surface area contributed by atoms with Gasteiger partial charge in [-0.25, -0.2) is 10.4 Å². The highest BCUT2D eigenvalue weighted by Crippen LogP contribution is 2.38. The Balaban J connectivity index is 1.12. The van der Waals surface area contributed by atoms with E-state index in [-0.39, 0.29) is 41.1 Å². The van der Waals surface area contributed by atoms with Gasteiger partial charge >= 0.3 is 0 Å². The van der Waals surface area contributed by atoms with Crippen LogP contribution in [0.25, 0.3) is 0 Å². The summed E-state index contributed by atoms with van der Waals surface area (Å²) in [6.07, 6.45) is 8.75. The monoisotopic (exact) mass is 534 g/mol. The van der Waals surface area contributed by atoms with E-state index < -0.39 is 0 Å². The lowest BCUT2D eigenvalue weighted by atomic mass is 9.79. The number of likely N-dealkylation sites (tertiary alicyclic amines) is 1. The van der Waals surface area contributed by atoms with Crippen molar-refractivity contribution in [3.8, 4) is 5.75 Å². The summed E-state index contributed by atoms with van der Waals surface area (Å²) in [5.74, 6) is 1.85. The fraction of sp³-hybridized carbons (Fsp3) is 0.613. The van der Waals surface area contributed by atoms with E-state index in [4.69, 9.17) is 14.5 Å². The molecule has 3 aliphatic heterocycles. The molecule has 0 saturated carbocycles. The smallest absolute Gasteiger partial charge is 0.185 e. The first-order chi connectivity index (χ1) is 18.7. The van der Waals surface area contributed by atoms with E-state index in [9.17, 15) is 9.90 Å². The van der Waals surface area contributed by atoms with Crippen molar-refractivity contribution in [1.29, 1.82) is 0 Å². The lowest BCUT2D eigenvalue weighted by molar-refractivity contribution is -0.119. The number of aryl methyl sites for hydroxylation is 1. The number of carbonyl (C=O) groups excluding carboxylic acids is 1. The minimum atomic E-state index is -0.193. The third-order valence-electron chi connectivity index (χ3n) is 9.01. The largest absolute Gasteiger partial charge is 0.507 e. The van der Waals surface area contributed by atoms with Crippen LogP contribution in [-0.4, -0.2) is 66.1 Å². The summed E-state index contributed by atoms with van der Waals surface area (Å²) in [6, 6.07) is 6.48. The van der Waals surface area contributed by atoms with Gasteiger partial charge in [-0.1, -0.05) is 6.07 Å². The van der Waals surface area contributed by atoms with E-state index in [0.717, 1.165) is 62.5 Å². The molecule has 3 heterocycles. The van der Waals surface area contributed by atoms with Crippen molar-refractivity contribution < 1.29 is 19.4 Å². The van der Waals surface area contributed by atoms with Gasteiger partial charge in [0.15, 0.2) is 11.7 Å². The van der Waals surface area contributed by atoms with Gasteiger partial charge in [-0.15, -0.1) is 0 Å². The minimum absolute atomic E-state index is 0.0534. The number of ketones is 1. The second-order valence-corrected chi connectivity index (χ2v) is 12.7. The Labute approximate surface area is 231 Å². The molecule has 39 heavy (non-hydrogen) atoms. The van der Waals surface area contributed by atoms with Crippen molar-refractivity contribution in [2.75, 3.05) is 26.7 Å². The predicted octanol–water partition coefficient (Wildman–Crippen LogP) is 4.01. The van der Waals surface area contributed by atoms with Gasteiger partial charge < -0.3 is 24.9 Å². The van der Waals surface area contributed by atoms with Gasteiger partial charge in [-0.05, 0) is 89.1 Å². The number of benzene rings is 1. The fourth-order valence-electron chi connectivity index (χ4n) is 6.69. The molecular formula is C31H42N4O4. The number of Topliss-reactive ketones (excluding diaryl/α,β-unsaturated/α-hetero) is 1. The van der Waals surface area contributed by atoms with Gasteiger partial charge in [0.05, 0.1) is 5.54 Å². The van der Waals surface area contributed by atoms with Crippen molar-refractivity contribution in [1.82, 2.24) is 15.8 Å². The van der Waals surface area contributed by atoms with Gasteiger partial charge in [0, 0.05) is 54.7 Å². The van der Waals surface area contributed by atoms with Crippen LogP contribution >= 0.6 is 0 Å². The number of rotatable bonds is 6. The predicted molar refractivity (Wildman–Crippen MR) is 151 cm³/mol. The Hall–Kier alpha value is -2.84. The number of hydrogen-bond acceptors (Lipinski definition) is 8. The normalized spacial score (nSPS) is 28.9. The molecule has 210 valence electrons. The van der Waals surface area contributed by atoms with Crippen molar-refractivity contribution in [3.05, 3.63) is 52.4 Å². The maximum atomic E-state index is 13.8. The summed E-state index contributed by atoms with van der Waals surface area (Å²) >= 11 is 0. The molecule has 1 aromatic rings. The molecule has 6 rings (SSSR count). The first kappa shape index (κ1) is 26.4. The van der Waals surface area contributed by atoms with E-state index in [1.165, 1.54) is 11.1 Å². The molecule has 0 bridgehead atoms. The van der Waals surface area contributed by atoms with Crippen LogP contribution in [-0.2, 0) is 22.4 Å². The number of nitrogens with one attached hydrogen (secondary N) is 2. The highest BCUT2D eigenvalue weighted by atomic mass is 16.5. The Morgan fingerprint density at radius 2 is 2.03 bits per heavy atom. The Kier molecular flexibility index (Phi) is 7.18. The zero-order valence-electron chi connectivity index (χ0n) is 23.5. The number of aliphatic hydroxyl groups is 1. The number of aliphatic imine (C=N–C) groups is 1. The summed E-state index contributed by atoms with van der Waals surface area (Å²) < 4.78 is 12.2. The third kappa shape index (κ3) is 5.73. The number of piperidine rings is 1. The molecule has 8 heteroatoms. The summed E-state index contributed by atoms with van der Waals surface area (Å²) in [6.45, 7) is 6.88. The number of hydrazine groups is 1. The molecule has 1 aromatic carbocycles. The lowest BCUT2D eigenvalue weighted by Crippen LogP contribution is -2.35. The van der Waals surface area contributed by atoms with Crippen LogP contribution in [0.15, 0.2) is 46.3 Å². The van der Waals surface area contributed by atoms with Crippen molar-refractivity contribution >= 4 is 11.7 Å². The zero-order valence-corrected chi connectivity index (χ0v) is 23.5. The number of aliphatic hydroxyl groups excluding tert-OH is 1. The molecule has 0 radical (unpaired) electrons. The number of ether oxygens (including phenoxy) is 2. The van der Waals surface area contributed by atoms with Crippen LogP contribution in [0.2, 0.25) is 0 Å². The van der Waals surface area contributed by atoms with Crippen LogP contribution in [0, 0.1) is 11.8 Å². The molecular weight excluding hydrogens is 492 g/mol. The summed E-state index contributed by atoms with van der Waals surface area (Å²) in [5, 5.41) is 10.9. The highest BCUT2D eigenvalue weighted by Gasteiger charge is 2.40. The molecule has 3 unspecified atom stereocenters. The maximum absolute atomic E-state index is 13.8. The van der Waals surface area contributed by atoms with E-state index in [1.807, 2.05) is 0 Å². The third-order valence-corrected chi connectivity index (χ3v) is 9.01. The molecule has 0 amide bonds. The number of hydrogen-bond donors (Lipinski definition) is 3. The van der Waals surface area contributed by atoms with Crippen LogP contribution in [0.1, 0.15) is 63.5 Å². The second kappa shape index (κ2) is 10.6. The fourth-order valence-corrected chi connectivity index (χ4v) is 6.69. The number of nitrogens with zero attached hydrogens (tertiary/aromatic N) is 2. The van der Waals surface area contributed by atoms with Gasteiger partial charge in [-0.2, -0.15) is 0 Å². The molecule has 2 aliphatic carbocycles. The minimum Gasteiger partial charge on any atom is -0.507 e. The molecule has 2 fully saturated rings. The molecule has 0 aromatic heterocycles. The van der Waals surface area contributed by atoms with Gasteiger partial charge in [-0.3, -0.25) is 4.79 Å². The Morgan fingerprint density at radius 1 is 1.21 bits per heavy atom. The maximum Gasteiger partial charge on any atom is 0.185 e. The molecule has 5 aliphatic rings. The van der Waals surface area contributed by atoms with E-state index in [0.29, 0.717) is 31.4 Å². The number of carbonyl (C=O) groups is 1. The van der Waals surface area contributed by atoms with Crippen LogP contribution in [0.5, 0.6) is 5.75 Å². The molecule has 2 saturated heterocycles. The lowest BCUT2D eigenvalue weighted by Gasteiger charge is -2.29. The standard InChI is InChI=1S/C31H42N4O4/c1-31(2)18-38-29(32-31)17-27-24-15-25(28(36)16-26(24)33-34-27)30(37)21-6-4-5-19-14-23(8-7-20(19)13-21)39-22-9-11-35(3)12-10-22/h7-8,14,16,21-22,24,27,33-34,36H,4-6,9-13,15,17-18H2,1-3H3. The van der Waals surface area contributed by atoms with E-state index in [2.05, 4.69) is 54.8 Å². The molecule has 0 spiro atoms. The van der Waals surface area contributed by atoms with Crippen LogP contribution in [0.3, 0.4) is 0 Å². The molecule has 3 atom stereocenters. The van der Waals surface area contributed by atoms with Gasteiger partial charge in [0.2, 0.25) is 0 Å². The molecule has 3 N–H and O–H groups in total. The highest BCUT2D eigenvalue weighted by molar-refractivity contribution is 5.98. The molecule has 8 nitrogen and oxygen atoms in total. The summed E-state index contributed by atoms with van der Waals surface area (Å²) in [4.78, 5) is 20.9. The topological polar surface area (TPSA) is 95.4 Å². The van der Waals surface area contributed by atoms with Gasteiger partial charge in [0.25, 0.3) is 0 Å². The summed E-state index contributed by atoms with van der Waals surface area (Å²) in [7, 11) is 2.16. The zero-order chi connectivity index (χ0) is 27.1. The van der Waals surface area contributed by atoms with Crippen molar-refractivity contribution in [2.45, 2.75) is 82.9 Å². The second-order valence-electron chi connectivity index (χ2n) is 12.7. The van der Waals surface area contributed by atoms with Crippen molar-refractivity contribution in [3.63, 3.8) is 0 Å². The summed E-state index contributed by atoms with van der Waals surface area (Å²) in [5.41, 5.74) is 10.4. The Bertz CT molecular complexity index is 1210. The van der Waals surface area contributed by atoms with E-state index >= 15 is 0 Å².